The van der Waals surface area contributed by atoms with Gasteiger partial charge in [0, 0.05) is 9.75 Å². The summed E-state index contributed by atoms with van der Waals surface area (Å²) in [6, 6.07) is 0. The van der Waals surface area contributed by atoms with E-state index in [1.165, 1.54) is 22.7 Å². The molecule has 176 valence electrons. The van der Waals surface area contributed by atoms with E-state index in [0.29, 0.717) is 21.1 Å². The minimum Gasteiger partial charge on any atom is -0.462 e. The Morgan fingerprint density at radius 2 is 1.15 bits per heavy atom. The number of anilines is 2. The van der Waals surface area contributed by atoms with Crippen LogP contribution in [0.5, 0.6) is 0 Å². The first-order chi connectivity index (χ1) is 15.9. The van der Waals surface area contributed by atoms with Gasteiger partial charge in [0.1, 0.15) is 16.4 Å². The number of ether oxygens (including phenoxy) is 2. The molecule has 0 aromatic carbocycles. The first-order valence-corrected chi connectivity index (χ1v) is 12.8. The number of carbonyl (C=O) groups is 4. The summed E-state index contributed by atoms with van der Waals surface area (Å²) in [5, 5.41) is 6.30. The molecule has 4 rings (SSSR count). The average Bonchev–Trinajstić information content (AvgIpc) is 3.48. The van der Waals surface area contributed by atoms with E-state index in [0.717, 1.165) is 59.4 Å². The Kier molecular flexibility index (Phi) is 7.14. The maximum Gasteiger partial charge on any atom is 0.341 e. The molecule has 0 radical (unpaired) electrons. The Labute approximate surface area is 199 Å². The van der Waals surface area contributed by atoms with Crippen molar-refractivity contribution < 1.29 is 28.7 Å². The van der Waals surface area contributed by atoms with Crippen molar-refractivity contribution in [3.8, 4) is 0 Å². The highest BCUT2D eigenvalue weighted by atomic mass is 32.1. The van der Waals surface area contributed by atoms with Crippen LogP contribution in [0.1, 0.15) is 74.7 Å². The van der Waals surface area contributed by atoms with Crippen molar-refractivity contribution in [1.29, 1.82) is 0 Å². The lowest BCUT2D eigenvalue weighted by Crippen LogP contribution is -2.22. The van der Waals surface area contributed by atoms with Gasteiger partial charge in [-0.3, -0.25) is 9.59 Å². The highest BCUT2D eigenvalue weighted by molar-refractivity contribution is 7.17. The number of carbonyl (C=O) groups excluding carboxylic acids is 4. The number of hydrogen-bond acceptors (Lipinski definition) is 8. The number of aryl methyl sites for hydroxylation is 2. The summed E-state index contributed by atoms with van der Waals surface area (Å²) in [6.45, 7) is 3.95. The summed E-state index contributed by atoms with van der Waals surface area (Å²) >= 11 is 2.73. The summed E-state index contributed by atoms with van der Waals surface area (Å²) in [6.07, 6.45) is 4.78. The largest absolute Gasteiger partial charge is 0.462 e. The minimum atomic E-state index is -0.528. The van der Waals surface area contributed by atoms with Gasteiger partial charge in [-0.25, -0.2) is 9.59 Å². The molecule has 2 aliphatic carbocycles. The third-order valence-corrected chi connectivity index (χ3v) is 8.04. The standard InChI is InChI=1S/C23H26N2O6S2/c1-3-30-22(28)18-12-7-5-9-14(12)32-20(18)24-16(26)11-17(27)25-21-19(23(29)31-4-2)13-8-6-10-15(13)33-21/h3-11H2,1-2H3,(H,24,26)(H,25,27). The lowest BCUT2D eigenvalue weighted by Gasteiger charge is -2.09. The number of amides is 2. The van der Waals surface area contributed by atoms with Gasteiger partial charge in [0.2, 0.25) is 11.8 Å². The van der Waals surface area contributed by atoms with Gasteiger partial charge in [-0.05, 0) is 63.5 Å². The highest BCUT2D eigenvalue weighted by Gasteiger charge is 2.30. The van der Waals surface area contributed by atoms with Gasteiger partial charge in [-0.1, -0.05) is 0 Å². The SMILES string of the molecule is CCOC(=O)c1c(NC(=O)CC(=O)Nc2sc3c(c2C(=O)OCC)CCC3)sc2c1CCC2. The Morgan fingerprint density at radius 3 is 1.55 bits per heavy atom. The summed E-state index contributed by atoms with van der Waals surface area (Å²) in [5.74, 6) is -1.97. The Bertz CT molecular complexity index is 1030. The number of fused-ring (bicyclic) bond motifs is 2. The lowest BCUT2D eigenvalue weighted by molar-refractivity contribution is -0.123. The van der Waals surface area contributed by atoms with Crippen LogP contribution in [-0.4, -0.2) is 37.0 Å². The Hall–Kier alpha value is -2.72. The molecule has 2 heterocycles. The summed E-state index contributed by atoms with van der Waals surface area (Å²) in [4.78, 5) is 52.3. The molecular weight excluding hydrogens is 464 g/mol. The minimum absolute atomic E-state index is 0.243. The molecule has 33 heavy (non-hydrogen) atoms. The molecule has 0 fully saturated rings. The predicted molar refractivity (Wildman–Crippen MR) is 126 cm³/mol. The Balaban J connectivity index is 1.45. The molecule has 2 N–H and O–H groups in total. The van der Waals surface area contributed by atoms with E-state index >= 15 is 0 Å². The summed E-state index contributed by atoms with van der Waals surface area (Å²) in [7, 11) is 0. The van der Waals surface area contributed by atoms with E-state index in [-0.39, 0.29) is 13.2 Å². The smallest absolute Gasteiger partial charge is 0.341 e. The third kappa shape index (κ3) is 4.81. The van der Waals surface area contributed by atoms with E-state index in [9.17, 15) is 19.2 Å². The normalized spacial score (nSPS) is 13.9. The molecule has 0 spiro atoms. The number of esters is 2. The van der Waals surface area contributed by atoms with Gasteiger partial charge in [-0.15, -0.1) is 22.7 Å². The predicted octanol–water partition coefficient (Wildman–Crippen LogP) is 4.11. The van der Waals surface area contributed by atoms with Crippen molar-refractivity contribution in [1.82, 2.24) is 0 Å². The molecule has 2 amide bonds. The fraction of sp³-hybridized carbons (Fsp3) is 0.478. The molecule has 10 heteroatoms. The van der Waals surface area contributed by atoms with Gasteiger partial charge < -0.3 is 20.1 Å². The van der Waals surface area contributed by atoms with Gasteiger partial charge >= 0.3 is 11.9 Å². The topological polar surface area (TPSA) is 111 Å². The van der Waals surface area contributed by atoms with Crippen LogP contribution in [0.25, 0.3) is 0 Å². The second-order valence-corrected chi connectivity index (χ2v) is 10.0. The molecule has 0 atom stereocenters. The third-order valence-electron chi connectivity index (χ3n) is 5.63. The molecule has 0 unspecified atom stereocenters. The van der Waals surface area contributed by atoms with Crippen molar-refractivity contribution in [2.45, 2.75) is 58.8 Å². The van der Waals surface area contributed by atoms with Crippen molar-refractivity contribution in [3.63, 3.8) is 0 Å². The van der Waals surface area contributed by atoms with Crippen LogP contribution in [0, 0.1) is 0 Å². The van der Waals surface area contributed by atoms with Crippen LogP contribution in [0.4, 0.5) is 10.0 Å². The second-order valence-electron chi connectivity index (χ2n) is 7.84. The second kappa shape index (κ2) is 10.0. The molecule has 0 bridgehead atoms. The fourth-order valence-electron chi connectivity index (χ4n) is 4.31. The summed E-state index contributed by atoms with van der Waals surface area (Å²) < 4.78 is 10.3. The molecule has 0 aliphatic heterocycles. The van der Waals surface area contributed by atoms with Crippen LogP contribution in [0.15, 0.2) is 0 Å². The fourth-order valence-corrected chi connectivity index (χ4v) is 6.90. The zero-order valence-corrected chi connectivity index (χ0v) is 20.3. The van der Waals surface area contributed by atoms with Crippen molar-refractivity contribution >= 4 is 56.4 Å². The van der Waals surface area contributed by atoms with Crippen LogP contribution in [-0.2, 0) is 44.7 Å². The van der Waals surface area contributed by atoms with Crippen molar-refractivity contribution in [2.24, 2.45) is 0 Å². The maximum absolute atomic E-state index is 12.6. The molecule has 0 saturated heterocycles. The number of nitrogens with one attached hydrogen (secondary N) is 2. The van der Waals surface area contributed by atoms with E-state index < -0.39 is 30.2 Å². The van der Waals surface area contributed by atoms with Gasteiger partial charge in [-0.2, -0.15) is 0 Å². The van der Waals surface area contributed by atoms with Gasteiger partial charge in [0.05, 0.1) is 24.3 Å². The van der Waals surface area contributed by atoms with Gasteiger partial charge in [0.25, 0.3) is 0 Å². The van der Waals surface area contributed by atoms with Crippen LogP contribution < -0.4 is 10.6 Å². The molecule has 0 saturated carbocycles. The number of thiophene rings is 2. The van der Waals surface area contributed by atoms with E-state index in [1.807, 2.05) is 0 Å². The van der Waals surface area contributed by atoms with Crippen molar-refractivity contribution in [2.75, 3.05) is 23.8 Å². The van der Waals surface area contributed by atoms with E-state index in [4.69, 9.17) is 9.47 Å². The molecule has 2 aromatic rings. The van der Waals surface area contributed by atoms with Crippen LogP contribution in [0.2, 0.25) is 0 Å². The molecule has 8 nitrogen and oxygen atoms in total. The first-order valence-electron chi connectivity index (χ1n) is 11.2. The average molecular weight is 491 g/mol. The first kappa shape index (κ1) is 23.4. The quantitative estimate of drug-likeness (QED) is 0.426. The molecular formula is C23H26N2O6S2. The zero-order chi connectivity index (χ0) is 23.5. The highest BCUT2D eigenvalue weighted by Crippen LogP contribution is 2.41. The van der Waals surface area contributed by atoms with Crippen LogP contribution >= 0.6 is 22.7 Å². The summed E-state index contributed by atoms with van der Waals surface area (Å²) in [5.41, 5.74) is 2.68. The Morgan fingerprint density at radius 1 is 0.727 bits per heavy atom. The number of hydrogen-bond donors (Lipinski definition) is 2. The van der Waals surface area contributed by atoms with E-state index in [1.54, 1.807) is 13.8 Å². The maximum atomic E-state index is 12.6. The zero-order valence-electron chi connectivity index (χ0n) is 18.6. The van der Waals surface area contributed by atoms with Crippen molar-refractivity contribution in [3.05, 3.63) is 32.0 Å². The molecule has 2 aromatic heterocycles. The number of rotatable bonds is 8. The molecule has 2 aliphatic rings. The van der Waals surface area contributed by atoms with Crippen LogP contribution in [0.3, 0.4) is 0 Å². The lowest BCUT2D eigenvalue weighted by atomic mass is 10.1. The monoisotopic (exact) mass is 490 g/mol. The van der Waals surface area contributed by atoms with E-state index in [2.05, 4.69) is 10.6 Å². The van der Waals surface area contributed by atoms with Gasteiger partial charge in [0.15, 0.2) is 0 Å².